The summed E-state index contributed by atoms with van der Waals surface area (Å²) >= 11 is 0. The number of unbranched alkanes of at least 4 members (excludes halogenated alkanes) is 35. The maximum atomic E-state index is 13.0. The lowest BCUT2D eigenvalue weighted by Crippen LogP contribution is -2.30. The fourth-order valence-electron chi connectivity index (χ4n) is 11.1. The van der Waals surface area contributed by atoms with Crippen LogP contribution in [-0.4, -0.2) is 96.7 Å². The SMILES string of the molecule is CCC(C)CCCCCCCCCCCCCCCCC(=O)OC[C@H](COP(=O)(O)OCC(O)COP(=O)(O)OC[C@@H](COC(=O)CCCCCCCCCC(C)C)OC(=O)CCCCCCCCCCCCCCC(C)C)OC(=O)CCCCCCCCC(C)CC. The molecule has 0 amide bonds. The van der Waals surface area contributed by atoms with E-state index in [1.165, 1.54) is 167 Å². The summed E-state index contributed by atoms with van der Waals surface area (Å²) < 4.78 is 68.4. The van der Waals surface area contributed by atoms with Gasteiger partial charge in [0.1, 0.15) is 19.3 Å². The highest BCUT2D eigenvalue weighted by Crippen LogP contribution is 2.45. The van der Waals surface area contributed by atoms with Gasteiger partial charge in [-0.1, -0.05) is 319 Å². The normalized spacial score (nSPS) is 14.8. The number of carbonyl (C=O) groups excluding carboxylic acids is 4. The van der Waals surface area contributed by atoms with Gasteiger partial charge in [0.2, 0.25) is 0 Å². The Bertz CT molecular complexity index is 1840. The van der Waals surface area contributed by atoms with Crippen molar-refractivity contribution < 1.29 is 80.2 Å². The Hall–Kier alpha value is -1.94. The smallest absolute Gasteiger partial charge is 0.462 e. The molecule has 19 heteroatoms. The van der Waals surface area contributed by atoms with Gasteiger partial charge in [0, 0.05) is 25.7 Å². The first-order valence-corrected chi connectivity index (χ1v) is 41.3. The van der Waals surface area contributed by atoms with E-state index in [0.29, 0.717) is 31.6 Å². The average molecular weight is 1370 g/mol. The van der Waals surface area contributed by atoms with Gasteiger partial charge in [-0.2, -0.15) is 0 Å². The first-order valence-electron chi connectivity index (χ1n) is 38.3. The number of carbonyl (C=O) groups is 4. The summed E-state index contributed by atoms with van der Waals surface area (Å²) in [5, 5.41) is 10.6. The summed E-state index contributed by atoms with van der Waals surface area (Å²) in [5.41, 5.74) is 0. The zero-order valence-electron chi connectivity index (χ0n) is 60.9. The highest BCUT2D eigenvalue weighted by molar-refractivity contribution is 7.47. The minimum absolute atomic E-state index is 0.103. The zero-order chi connectivity index (χ0) is 68.9. The molecule has 0 aliphatic carbocycles. The molecule has 0 aliphatic heterocycles. The van der Waals surface area contributed by atoms with Gasteiger partial charge in [-0.3, -0.25) is 37.3 Å². The molecule has 0 aromatic rings. The number of ether oxygens (including phenoxy) is 4. The van der Waals surface area contributed by atoms with Crippen molar-refractivity contribution in [3.63, 3.8) is 0 Å². The van der Waals surface area contributed by atoms with Crippen molar-refractivity contribution in [1.29, 1.82) is 0 Å². The van der Waals surface area contributed by atoms with Crippen molar-refractivity contribution in [2.24, 2.45) is 23.7 Å². The molecule has 93 heavy (non-hydrogen) atoms. The average Bonchev–Trinajstić information content (AvgIpc) is 1.81. The molecule has 0 bridgehead atoms. The highest BCUT2D eigenvalue weighted by Gasteiger charge is 2.30. The number of aliphatic hydroxyl groups is 1. The summed E-state index contributed by atoms with van der Waals surface area (Å²) in [6.45, 7) is 14.1. The molecule has 0 saturated heterocycles. The molecule has 0 aliphatic rings. The lowest BCUT2D eigenvalue weighted by Gasteiger charge is -2.21. The second kappa shape index (κ2) is 63.5. The topological polar surface area (TPSA) is 237 Å². The Morgan fingerprint density at radius 2 is 0.516 bits per heavy atom. The molecule has 3 N–H and O–H groups in total. The van der Waals surface area contributed by atoms with E-state index in [4.69, 9.17) is 37.0 Å². The Kier molecular flexibility index (Phi) is 62.2. The van der Waals surface area contributed by atoms with Crippen LogP contribution in [0.2, 0.25) is 0 Å². The van der Waals surface area contributed by atoms with Crippen LogP contribution in [0.15, 0.2) is 0 Å². The minimum atomic E-state index is -4.95. The number of phosphoric acid groups is 2. The molecule has 5 unspecified atom stereocenters. The number of phosphoric ester groups is 2. The molecule has 0 aromatic heterocycles. The Morgan fingerprint density at radius 1 is 0.301 bits per heavy atom. The van der Waals surface area contributed by atoms with Crippen molar-refractivity contribution in [2.75, 3.05) is 39.6 Å². The number of hydrogen-bond donors (Lipinski definition) is 3. The van der Waals surface area contributed by atoms with Crippen molar-refractivity contribution in [1.82, 2.24) is 0 Å². The van der Waals surface area contributed by atoms with Gasteiger partial charge in [0.15, 0.2) is 12.2 Å². The van der Waals surface area contributed by atoms with Gasteiger partial charge in [-0.05, 0) is 49.4 Å². The number of rotatable bonds is 71. The van der Waals surface area contributed by atoms with Crippen molar-refractivity contribution in [2.45, 2.75) is 388 Å². The Morgan fingerprint density at radius 3 is 0.763 bits per heavy atom. The van der Waals surface area contributed by atoms with Crippen molar-refractivity contribution in [3.8, 4) is 0 Å². The first-order chi connectivity index (χ1) is 44.7. The van der Waals surface area contributed by atoms with E-state index in [2.05, 4.69) is 55.4 Å². The van der Waals surface area contributed by atoms with Crippen LogP contribution in [0.1, 0.15) is 370 Å². The van der Waals surface area contributed by atoms with Gasteiger partial charge in [0.05, 0.1) is 26.4 Å². The summed E-state index contributed by atoms with van der Waals surface area (Å²) in [5.74, 6) is 0.925. The molecule has 0 saturated carbocycles. The summed E-state index contributed by atoms with van der Waals surface area (Å²) in [6, 6.07) is 0. The molecule has 17 nitrogen and oxygen atoms in total. The third kappa shape index (κ3) is 65.8. The van der Waals surface area contributed by atoms with E-state index in [0.717, 1.165) is 114 Å². The molecule has 0 radical (unpaired) electrons. The minimum Gasteiger partial charge on any atom is -0.462 e. The number of esters is 4. The molecular weight excluding hydrogens is 1220 g/mol. The van der Waals surface area contributed by atoms with Crippen molar-refractivity contribution >= 4 is 39.5 Å². The molecular formula is C74H144O17P2. The van der Waals surface area contributed by atoms with E-state index in [1.807, 2.05) is 0 Å². The third-order valence-corrected chi connectivity index (χ3v) is 19.7. The summed E-state index contributed by atoms with van der Waals surface area (Å²) in [7, 11) is -9.91. The predicted octanol–water partition coefficient (Wildman–Crippen LogP) is 21.3. The summed E-state index contributed by atoms with van der Waals surface area (Å²) in [4.78, 5) is 72.7. The molecule has 0 heterocycles. The molecule has 0 aromatic carbocycles. The van der Waals surface area contributed by atoms with E-state index >= 15 is 0 Å². The van der Waals surface area contributed by atoms with Crippen LogP contribution >= 0.6 is 15.6 Å². The van der Waals surface area contributed by atoms with Crippen molar-refractivity contribution in [3.05, 3.63) is 0 Å². The quantitative estimate of drug-likeness (QED) is 0.0222. The monoisotopic (exact) mass is 1370 g/mol. The van der Waals surface area contributed by atoms with Crippen LogP contribution in [-0.2, 0) is 65.4 Å². The maximum absolute atomic E-state index is 13.0. The molecule has 0 spiro atoms. The highest BCUT2D eigenvalue weighted by atomic mass is 31.2. The molecule has 7 atom stereocenters. The fraction of sp³-hybridized carbons (Fsp3) is 0.946. The van der Waals surface area contributed by atoms with Gasteiger partial charge >= 0.3 is 39.5 Å². The van der Waals surface area contributed by atoms with Gasteiger partial charge < -0.3 is 33.8 Å². The number of aliphatic hydroxyl groups excluding tert-OH is 1. The lowest BCUT2D eigenvalue weighted by molar-refractivity contribution is -0.161. The first kappa shape index (κ1) is 91.1. The Labute approximate surface area is 568 Å². The third-order valence-electron chi connectivity index (χ3n) is 17.8. The van der Waals surface area contributed by atoms with Crippen LogP contribution in [0.4, 0.5) is 0 Å². The maximum Gasteiger partial charge on any atom is 0.472 e. The van der Waals surface area contributed by atoms with Crippen LogP contribution in [0.3, 0.4) is 0 Å². The van der Waals surface area contributed by atoms with Gasteiger partial charge in [-0.15, -0.1) is 0 Å². The predicted molar refractivity (Wildman–Crippen MR) is 377 cm³/mol. The van der Waals surface area contributed by atoms with Crippen LogP contribution in [0.25, 0.3) is 0 Å². The van der Waals surface area contributed by atoms with Gasteiger partial charge in [-0.25, -0.2) is 9.13 Å². The standard InChI is InChI=1S/C74H144O17P2/c1-9-66(7)52-44-36-28-22-18-13-11-12-14-19-23-29-38-46-54-71(76)84-61-70(91-74(79)57-49-41-33-32-37-45-53-67(8)10-2)63-89-93(82,83)87-59-68(75)58-86-92(80,81)88-62-69(60-85-72(77)55-47-39-31-25-27-35-43-51-65(5)6)90-73(78)56-48-40-30-24-20-16-15-17-21-26-34-42-50-64(3)4/h64-70,75H,9-63H2,1-8H3,(H,80,81)(H,82,83)/t66?,67?,68?,69-,70-/m1/s1. The zero-order valence-corrected chi connectivity index (χ0v) is 62.7. The molecule has 0 fully saturated rings. The van der Waals surface area contributed by atoms with Crippen LogP contribution in [0, 0.1) is 23.7 Å². The largest absolute Gasteiger partial charge is 0.472 e. The van der Waals surface area contributed by atoms with Crippen LogP contribution < -0.4 is 0 Å². The van der Waals surface area contributed by atoms with Gasteiger partial charge in [0.25, 0.3) is 0 Å². The Balaban J connectivity index is 5.20. The molecule has 552 valence electrons. The van der Waals surface area contributed by atoms with E-state index in [9.17, 15) is 43.2 Å². The fourth-order valence-corrected chi connectivity index (χ4v) is 12.7. The lowest BCUT2D eigenvalue weighted by atomic mass is 9.99. The van der Waals surface area contributed by atoms with Crippen LogP contribution in [0.5, 0.6) is 0 Å². The van der Waals surface area contributed by atoms with E-state index in [1.54, 1.807) is 0 Å². The second-order valence-corrected chi connectivity index (χ2v) is 31.0. The summed E-state index contributed by atoms with van der Waals surface area (Å²) in [6.07, 6.45) is 47.3. The number of hydrogen-bond acceptors (Lipinski definition) is 15. The van der Waals surface area contributed by atoms with E-state index < -0.39 is 97.5 Å². The molecule has 0 rings (SSSR count). The van der Waals surface area contributed by atoms with E-state index in [-0.39, 0.29) is 25.7 Å². The second-order valence-electron chi connectivity index (χ2n) is 28.1.